The molecule has 3 nitrogen and oxygen atoms in total. The summed E-state index contributed by atoms with van der Waals surface area (Å²) in [6.45, 7) is 2.12. The topological polar surface area (TPSA) is 29.7 Å². The number of pyridine rings is 1. The van der Waals surface area contributed by atoms with Crippen molar-refractivity contribution in [3.8, 4) is 22.6 Å². The highest BCUT2D eigenvalue weighted by Gasteiger charge is 2.13. The Bertz CT molecular complexity index is 1030. The highest BCUT2D eigenvalue weighted by atomic mass is 127. The monoisotopic (exact) mass is 581 g/mol. The minimum Gasteiger partial charge on any atom is -1.00 e. The van der Waals surface area contributed by atoms with E-state index in [1.54, 1.807) is 0 Å². The van der Waals surface area contributed by atoms with Gasteiger partial charge in [-0.05, 0) is 23.5 Å². The zero-order chi connectivity index (χ0) is 18.5. The van der Waals surface area contributed by atoms with Crippen LogP contribution >= 0.6 is 22.6 Å². The number of alkyl halides is 1. The molecule has 2 aromatic carbocycles. The minimum absolute atomic E-state index is 0. The van der Waals surface area contributed by atoms with Crippen LogP contribution in [0, 0.1) is 6.92 Å². The van der Waals surface area contributed by atoms with Gasteiger partial charge < -0.3 is 24.0 Å². The Morgan fingerprint density at radius 3 is 2.15 bits per heavy atom. The zero-order valence-electron chi connectivity index (χ0n) is 15.5. The fourth-order valence-electron chi connectivity index (χ4n) is 2.90. The Morgan fingerprint density at radius 1 is 0.815 bits per heavy atom. The van der Waals surface area contributed by atoms with Gasteiger partial charge in [-0.25, -0.2) is 14.5 Å². The van der Waals surface area contributed by atoms with Gasteiger partial charge in [0.15, 0.2) is 18.2 Å². The smallest absolute Gasteiger partial charge is 0.169 e. The zero-order valence-corrected chi connectivity index (χ0v) is 19.8. The number of nitrogens with zero attached hydrogens (tertiary/aromatic N) is 3. The summed E-state index contributed by atoms with van der Waals surface area (Å²) in [5.41, 5.74) is 5.34. The second-order valence-corrected chi connectivity index (χ2v) is 5.98. The number of para-hydroxylation sites is 1. The van der Waals surface area contributed by atoms with Crippen LogP contribution in [-0.2, 0) is 7.05 Å². The van der Waals surface area contributed by atoms with E-state index in [1.807, 2.05) is 59.3 Å². The van der Waals surface area contributed by atoms with E-state index in [2.05, 4.69) is 59.8 Å². The van der Waals surface area contributed by atoms with Crippen molar-refractivity contribution in [2.45, 2.75) is 6.92 Å². The van der Waals surface area contributed by atoms with Crippen LogP contribution in [0.2, 0.25) is 0 Å². The van der Waals surface area contributed by atoms with E-state index in [1.165, 1.54) is 5.56 Å². The van der Waals surface area contributed by atoms with Gasteiger partial charge in [0.1, 0.15) is 7.05 Å². The average molecular weight is 581 g/mol. The predicted molar refractivity (Wildman–Crippen MR) is 116 cm³/mol. The maximum atomic E-state index is 4.91. The average Bonchev–Trinajstić information content (AvgIpc) is 2.70. The molecule has 0 atom stereocenters. The lowest BCUT2D eigenvalue weighted by atomic mass is 10.0. The summed E-state index contributed by atoms with van der Waals surface area (Å²) < 4.78 is 2.01. The second kappa shape index (κ2) is 10.1. The van der Waals surface area contributed by atoms with Gasteiger partial charge >= 0.3 is 0 Å². The Labute approximate surface area is 191 Å². The van der Waals surface area contributed by atoms with E-state index < -0.39 is 0 Å². The van der Waals surface area contributed by atoms with Gasteiger partial charge in [-0.2, -0.15) is 0 Å². The molecular weight excluding hydrogens is 560 g/mol. The van der Waals surface area contributed by atoms with Crippen LogP contribution in [0.25, 0.3) is 33.5 Å². The first-order valence-electron chi connectivity index (χ1n) is 8.38. The van der Waals surface area contributed by atoms with Gasteiger partial charge in [-0.1, -0.05) is 65.1 Å². The first kappa shape index (κ1) is 21.7. The number of rotatable bonds is 2. The molecular formula is C22H21I2N3. The largest absolute Gasteiger partial charge is 1.00 e. The molecule has 0 aliphatic heterocycles. The number of hydrogen-bond acceptors (Lipinski definition) is 2. The van der Waals surface area contributed by atoms with E-state index in [0.717, 1.165) is 33.5 Å². The molecule has 27 heavy (non-hydrogen) atoms. The van der Waals surface area contributed by atoms with E-state index in [0.29, 0.717) is 0 Å². The Morgan fingerprint density at radius 2 is 1.44 bits per heavy atom. The molecule has 4 rings (SSSR count). The number of aromatic nitrogens is 3. The summed E-state index contributed by atoms with van der Waals surface area (Å²) in [4.78, 5) is 11.7. The van der Waals surface area contributed by atoms with Gasteiger partial charge in [0.25, 0.3) is 0 Å². The molecule has 0 N–H and O–H groups in total. The van der Waals surface area contributed by atoms with Gasteiger partial charge in [0.05, 0.1) is 11.2 Å². The lowest BCUT2D eigenvalue weighted by Crippen LogP contribution is -3.00. The van der Waals surface area contributed by atoms with Crippen LogP contribution in [0.4, 0.5) is 0 Å². The third kappa shape index (κ3) is 4.82. The third-order valence-electron chi connectivity index (χ3n) is 4.24. The van der Waals surface area contributed by atoms with Crippen molar-refractivity contribution in [2.24, 2.45) is 7.05 Å². The van der Waals surface area contributed by atoms with Gasteiger partial charge in [-0.15, -0.1) is 0 Å². The van der Waals surface area contributed by atoms with Crippen molar-refractivity contribution in [1.82, 2.24) is 9.97 Å². The molecule has 0 saturated carbocycles. The van der Waals surface area contributed by atoms with E-state index in [4.69, 9.17) is 9.97 Å². The number of benzene rings is 2. The van der Waals surface area contributed by atoms with Crippen LogP contribution in [0.5, 0.6) is 0 Å². The fourth-order valence-corrected chi connectivity index (χ4v) is 2.90. The Kier molecular flexibility index (Phi) is 8.09. The molecule has 138 valence electrons. The van der Waals surface area contributed by atoms with Crippen LogP contribution in [-0.4, -0.2) is 14.9 Å². The summed E-state index contributed by atoms with van der Waals surface area (Å²) in [6.07, 6.45) is 4.03. The Balaban J connectivity index is 0.000000844. The molecule has 0 unspecified atom stereocenters. The molecule has 0 saturated heterocycles. The highest BCUT2D eigenvalue weighted by Crippen LogP contribution is 2.30. The number of halogens is 2. The SMILES string of the molecule is CI.Cc1ccccc1-c1nc(-c2cc[n+](C)cc2)nc2ccccc12.[I-]. The fraction of sp³-hybridized carbons (Fsp3) is 0.136. The molecule has 0 spiro atoms. The van der Waals surface area contributed by atoms with Gasteiger partial charge in [-0.3, -0.25) is 0 Å². The summed E-state index contributed by atoms with van der Waals surface area (Å²) in [6, 6.07) is 20.6. The molecule has 0 fully saturated rings. The van der Waals surface area contributed by atoms with Crippen LogP contribution in [0.3, 0.4) is 0 Å². The third-order valence-corrected chi connectivity index (χ3v) is 4.24. The van der Waals surface area contributed by atoms with E-state index >= 15 is 0 Å². The van der Waals surface area contributed by atoms with Crippen molar-refractivity contribution in [2.75, 3.05) is 4.93 Å². The molecule has 2 aromatic heterocycles. The molecule has 0 amide bonds. The number of hydrogen-bond donors (Lipinski definition) is 0. The summed E-state index contributed by atoms with van der Waals surface area (Å²) >= 11 is 2.15. The van der Waals surface area contributed by atoms with Crippen LogP contribution < -0.4 is 28.5 Å². The standard InChI is InChI=1S/C21H18N3.CH3I.HI/c1-15-7-3-4-8-17(15)20-18-9-5-6-10-19(18)22-21(23-20)16-11-13-24(2)14-12-16;1-2;/h3-14H,1-2H3;1H3;1H/q+1;;/p-1. The van der Waals surface area contributed by atoms with Crippen LogP contribution in [0.1, 0.15) is 5.56 Å². The van der Waals surface area contributed by atoms with Gasteiger partial charge in [0, 0.05) is 28.6 Å². The maximum Gasteiger partial charge on any atom is 0.169 e. The molecule has 4 aromatic rings. The second-order valence-electron chi connectivity index (χ2n) is 5.98. The molecule has 0 aliphatic rings. The van der Waals surface area contributed by atoms with Crippen molar-refractivity contribution in [3.05, 3.63) is 78.6 Å². The summed E-state index contributed by atoms with van der Waals surface area (Å²) in [5.74, 6) is 0.757. The molecule has 0 radical (unpaired) electrons. The summed E-state index contributed by atoms with van der Waals surface area (Å²) in [7, 11) is 2.00. The molecule has 5 heteroatoms. The first-order chi connectivity index (χ1) is 12.7. The van der Waals surface area contributed by atoms with Crippen molar-refractivity contribution in [3.63, 3.8) is 0 Å². The molecule has 0 bridgehead atoms. The molecule has 0 aliphatic carbocycles. The number of aryl methyl sites for hydroxylation is 2. The summed E-state index contributed by atoms with van der Waals surface area (Å²) in [5, 5.41) is 1.08. The Hall–Kier alpha value is -1.61. The highest BCUT2D eigenvalue weighted by molar-refractivity contribution is 14.1. The molecule has 2 heterocycles. The number of fused-ring (bicyclic) bond motifs is 1. The van der Waals surface area contributed by atoms with Gasteiger partial charge in [0.2, 0.25) is 0 Å². The minimum atomic E-state index is 0. The van der Waals surface area contributed by atoms with Crippen molar-refractivity contribution < 1.29 is 28.5 Å². The normalized spacial score (nSPS) is 9.93. The van der Waals surface area contributed by atoms with E-state index in [-0.39, 0.29) is 24.0 Å². The lowest BCUT2D eigenvalue weighted by Gasteiger charge is -2.10. The maximum absolute atomic E-state index is 4.91. The van der Waals surface area contributed by atoms with E-state index in [9.17, 15) is 0 Å². The van der Waals surface area contributed by atoms with Crippen molar-refractivity contribution >= 4 is 33.5 Å². The lowest BCUT2D eigenvalue weighted by molar-refractivity contribution is -0.671. The van der Waals surface area contributed by atoms with Crippen molar-refractivity contribution in [1.29, 1.82) is 0 Å². The quantitative estimate of drug-likeness (QED) is 0.207. The van der Waals surface area contributed by atoms with Crippen LogP contribution in [0.15, 0.2) is 73.1 Å². The first-order valence-corrected chi connectivity index (χ1v) is 10.5. The predicted octanol–water partition coefficient (Wildman–Crippen LogP) is 2.15.